The van der Waals surface area contributed by atoms with Gasteiger partial charge in [0.15, 0.2) is 0 Å². The maximum Gasteiger partial charge on any atom is 0.0495 e. The van der Waals surface area contributed by atoms with Gasteiger partial charge in [-0.05, 0) is 33.1 Å². The van der Waals surface area contributed by atoms with Crippen molar-refractivity contribution < 1.29 is 0 Å². The molecule has 0 aliphatic carbocycles. The monoisotopic (exact) mass is 206 g/mol. The van der Waals surface area contributed by atoms with Gasteiger partial charge in [0.2, 0.25) is 0 Å². The van der Waals surface area contributed by atoms with Crippen molar-refractivity contribution in [1.82, 2.24) is 10.2 Å². The van der Waals surface area contributed by atoms with Crippen molar-refractivity contribution in [2.24, 2.45) is 0 Å². The normalized spacial score (nSPS) is 15.3. The van der Waals surface area contributed by atoms with Gasteiger partial charge in [0.25, 0.3) is 0 Å². The summed E-state index contributed by atoms with van der Waals surface area (Å²) < 4.78 is 0. The van der Waals surface area contributed by atoms with Crippen LogP contribution in [0.4, 0.5) is 0 Å². The van der Waals surface area contributed by atoms with Crippen LogP contribution in [0.2, 0.25) is 0 Å². The largest absolute Gasteiger partial charge is 0.315 e. The molecule has 1 aromatic carbocycles. The number of likely N-dealkylation sites (N-methyl/N-ethyl adjacent to an activating group) is 2. The predicted molar refractivity (Wildman–Crippen MR) is 66.0 cm³/mol. The van der Waals surface area contributed by atoms with Crippen LogP contribution in [-0.4, -0.2) is 32.1 Å². The Hall–Kier alpha value is -0.860. The van der Waals surface area contributed by atoms with Crippen LogP contribution in [0.1, 0.15) is 24.9 Å². The summed E-state index contributed by atoms with van der Waals surface area (Å²) in [5, 5.41) is 3.39. The molecule has 0 radical (unpaired) electrons. The molecule has 0 saturated carbocycles. The first-order valence-corrected chi connectivity index (χ1v) is 5.59. The number of rotatable bonds is 5. The minimum Gasteiger partial charge on any atom is -0.315 e. The quantitative estimate of drug-likeness (QED) is 0.795. The van der Waals surface area contributed by atoms with Crippen molar-refractivity contribution in [2.45, 2.75) is 25.4 Å². The summed E-state index contributed by atoms with van der Waals surface area (Å²) in [5.74, 6) is 0. The molecule has 0 aliphatic rings. The van der Waals surface area contributed by atoms with Crippen molar-refractivity contribution in [3.05, 3.63) is 35.9 Å². The highest BCUT2D eigenvalue weighted by molar-refractivity contribution is 5.20. The molecule has 0 amide bonds. The van der Waals surface area contributed by atoms with Crippen LogP contribution in [0, 0.1) is 0 Å². The molecule has 1 N–H and O–H groups in total. The zero-order valence-electron chi connectivity index (χ0n) is 10.2. The van der Waals surface area contributed by atoms with Gasteiger partial charge in [-0.1, -0.05) is 37.3 Å². The number of benzene rings is 1. The molecular formula is C13H22N2. The maximum atomic E-state index is 3.39. The number of nitrogens with one attached hydrogen (secondary N) is 1. The Labute approximate surface area is 93.3 Å². The second-order valence-corrected chi connectivity index (χ2v) is 4.12. The van der Waals surface area contributed by atoms with E-state index in [1.165, 1.54) is 5.56 Å². The predicted octanol–water partition coefficient (Wildman–Crippen LogP) is 2.29. The second kappa shape index (κ2) is 5.89. The van der Waals surface area contributed by atoms with E-state index < -0.39 is 0 Å². The Balaban J connectivity index is 2.92. The first-order chi connectivity index (χ1) is 7.20. The van der Waals surface area contributed by atoms with Crippen molar-refractivity contribution in [2.75, 3.05) is 21.1 Å². The van der Waals surface area contributed by atoms with Crippen LogP contribution in [0.3, 0.4) is 0 Å². The van der Waals surface area contributed by atoms with E-state index in [0.717, 1.165) is 6.42 Å². The third-order valence-corrected chi connectivity index (χ3v) is 2.89. The Morgan fingerprint density at radius 3 is 2.20 bits per heavy atom. The molecule has 0 unspecified atom stereocenters. The van der Waals surface area contributed by atoms with Gasteiger partial charge in [-0.15, -0.1) is 0 Å². The Morgan fingerprint density at radius 2 is 1.80 bits per heavy atom. The summed E-state index contributed by atoms with van der Waals surface area (Å²) in [5.41, 5.74) is 1.38. The lowest BCUT2D eigenvalue weighted by Crippen LogP contribution is -2.39. The molecular weight excluding hydrogens is 184 g/mol. The van der Waals surface area contributed by atoms with Crippen LogP contribution < -0.4 is 5.32 Å². The van der Waals surface area contributed by atoms with E-state index in [-0.39, 0.29) is 0 Å². The fourth-order valence-corrected chi connectivity index (χ4v) is 2.13. The van der Waals surface area contributed by atoms with Crippen molar-refractivity contribution >= 4 is 0 Å². The van der Waals surface area contributed by atoms with E-state index in [4.69, 9.17) is 0 Å². The zero-order chi connectivity index (χ0) is 11.3. The summed E-state index contributed by atoms with van der Waals surface area (Å²) in [7, 11) is 6.31. The molecule has 1 aromatic rings. The van der Waals surface area contributed by atoms with Crippen LogP contribution in [0.25, 0.3) is 0 Å². The first kappa shape index (κ1) is 12.2. The van der Waals surface area contributed by atoms with E-state index in [0.29, 0.717) is 12.1 Å². The van der Waals surface area contributed by atoms with Crippen LogP contribution in [-0.2, 0) is 0 Å². The molecule has 0 aliphatic heterocycles. The average Bonchev–Trinajstić information content (AvgIpc) is 2.26. The molecule has 84 valence electrons. The minimum atomic E-state index is 0.446. The molecule has 0 fully saturated rings. The van der Waals surface area contributed by atoms with Gasteiger partial charge in [0.05, 0.1) is 0 Å². The topological polar surface area (TPSA) is 15.3 Å². The molecule has 2 heteroatoms. The molecule has 0 saturated heterocycles. The molecule has 0 bridgehead atoms. The highest BCUT2D eigenvalue weighted by atomic mass is 15.1. The highest BCUT2D eigenvalue weighted by Gasteiger charge is 2.21. The van der Waals surface area contributed by atoms with Crippen LogP contribution >= 0.6 is 0 Å². The average molecular weight is 206 g/mol. The van der Waals surface area contributed by atoms with Gasteiger partial charge in [0.1, 0.15) is 0 Å². The Kier molecular flexibility index (Phi) is 4.79. The summed E-state index contributed by atoms with van der Waals surface area (Å²) in [6.07, 6.45) is 1.13. The Morgan fingerprint density at radius 1 is 1.20 bits per heavy atom. The minimum absolute atomic E-state index is 0.446. The molecule has 2 nitrogen and oxygen atoms in total. The van der Waals surface area contributed by atoms with Gasteiger partial charge >= 0.3 is 0 Å². The van der Waals surface area contributed by atoms with Gasteiger partial charge in [-0.25, -0.2) is 0 Å². The summed E-state index contributed by atoms with van der Waals surface area (Å²) in [6.45, 7) is 2.22. The van der Waals surface area contributed by atoms with Crippen LogP contribution in [0.5, 0.6) is 0 Å². The summed E-state index contributed by atoms with van der Waals surface area (Å²) >= 11 is 0. The Bertz CT molecular complexity index is 265. The standard InChI is InChI=1S/C13H22N2/c1-5-12(14-2)13(15(3)4)11-9-7-6-8-10-11/h6-10,12-14H,5H2,1-4H3/t12-,13-/m0/s1. The summed E-state index contributed by atoms with van der Waals surface area (Å²) in [4.78, 5) is 2.28. The van der Waals surface area contributed by atoms with Gasteiger partial charge in [-0.3, -0.25) is 0 Å². The number of hydrogen-bond donors (Lipinski definition) is 1. The number of nitrogens with zero attached hydrogens (tertiary/aromatic N) is 1. The van der Waals surface area contributed by atoms with E-state index in [1.54, 1.807) is 0 Å². The third kappa shape index (κ3) is 3.05. The SMILES string of the molecule is CC[C@H](NC)[C@H](c1ccccc1)N(C)C. The van der Waals surface area contributed by atoms with E-state index in [2.05, 4.69) is 61.6 Å². The lowest BCUT2D eigenvalue weighted by Gasteiger charge is -2.32. The molecule has 1 rings (SSSR count). The highest BCUT2D eigenvalue weighted by Crippen LogP contribution is 2.23. The second-order valence-electron chi connectivity index (χ2n) is 4.12. The molecule has 0 heterocycles. The smallest absolute Gasteiger partial charge is 0.0495 e. The van der Waals surface area contributed by atoms with E-state index in [9.17, 15) is 0 Å². The molecule has 2 atom stereocenters. The summed E-state index contributed by atoms with van der Waals surface area (Å²) in [6, 6.07) is 11.6. The van der Waals surface area contributed by atoms with E-state index in [1.807, 2.05) is 7.05 Å². The van der Waals surface area contributed by atoms with E-state index >= 15 is 0 Å². The molecule has 0 aromatic heterocycles. The third-order valence-electron chi connectivity index (χ3n) is 2.89. The van der Waals surface area contributed by atoms with Crippen molar-refractivity contribution in [3.8, 4) is 0 Å². The van der Waals surface area contributed by atoms with Crippen molar-refractivity contribution in [1.29, 1.82) is 0 Å². The molecule has 15 heavy (non-hydrogen) atoms. The number of hydrogen-bond acceptors (Lipinski definition) is 2. The lowest BCUT2D eigenvalue weighted by molar-refractivity contribution is 0.233. The zero-order valence-corrected chi connectivity index (χ0v) is 10.2. The fraction of sp³-hybridized carbons (Fsp3) is 0.538. The van der Waals surface area contributed by atoms with Crippen LogP contribution in [0.15, 0.2) is 30.3 Å². The maximum absolute atomic E-state index is 3.39. The first-order valence-electron chi connectivity index (χ1n) is 5.59. The fourth-order valence-electron chi connectivity index (χ4n) is 2.13. The van der Waals surface area contributed by atoms with Gasteiger partial charge in [0, 0.05) is 12.1 Å². The lowest BCUT2D eigenvalue weighted by atomic mass is 9.96. The molecule has 0 spiro atoms. The van der Waals surface area contributed by atoms with Crippen molar-refractivity contribution in [3.63, 3.8) is 0 Å². The van der Waals surface area contributed by atoms with Gasteiger partial charge < -0.3 is 10.2 Å². The van der Waals surface area contributed by atoms with Gasteiger partial charge in [-0.2, -0.15) is 0 Å².